The molecule has 0 aromatic carbocycles. The highest BCUT2D eigenvalue weighted by Gasteiger charge is 2.13. The molecule has 5 heteroatoms. The molecule has 1 aliphatic rings. The number of rotatable bonds is 7. The first-order valence-electron chi connectivity index (χ1n) is 6.79. The fraction of sp³-hybridized carbons (Fsp3) is 0.500. The van der Waals surface area contributed by atoms with Gasteiger partial charge in [0.25, 0.3) is 0 Å². The Morgan fingerprint density at radius 2 is 2.16 bits per heavy atom. The third-order valence-electron chi connectivity index (χ3n) is 3.08. The average Bonchev–Trinajstić information content (AvgIpc) is 2.92. The van der Waals surface area contributed by atoms with Crippen LogP contribution in [0.2, 0.25) is 0 Å². The summed E-state index contributed by atoms with van der Waals surface area (Å²) in [6.07, 6.45) is 11.4. The van der Waals surface area contributed by atoms with Crippen molar-refractivity contribution in [2.45, 2.75) is 25.7 Å². The van der Waals surface area contributed by atoms with Gasteiger partial charge in [0.1, 0.15) is 0 Å². The number of carbonyl (C=O) groups is 1. The summed E-state index contributed by atoms with van der Waals surface area (Å²) in [6, 6.07) is 1.78. The molecule has 2 N–H and O–H groups in total. The Labute approximate surface area is 113 Å². The number of nitrogens with zero attached hydrogens (tertiary/aromatic N) is 2. The Morgan fingerprint density at radius 1 is 1.32 bits per heavy atom. The molecule has 0 spiro atoms. The van der Waals surface area contributed by atoms with E-state index in [-0.39, 0.29) is 5.91 Å². The summed E-state index contributed by atoms with van der Waals surface area (Å²) in [5, 5.41) is 6.05. The van der Waals surface area contributed by atoms with E-state index in [1.807, 2.05) is 0 Å². The predicted octanol–water partition coefficient (Wildman–Crippen LogP) is 1.75. The maximum Gasteiger partial charge on any atom is 0.222 e. The third-order valence-corrected chi connectivity index (χ3v) is 3.08. The van der Waals surface area contributed by atoms with Crippen LogP contribution < -0.4 is 10.6 Å². The lowest BCUT2D eigenvalue weighted by Gasteiger charge is -2.09. The van der Waals surface area contributed by atoms with Crippen molar-refractivity contribution < 1.29 is 4.79 Å². The van der Waals surface area contributed by atoms with Crippen molar-refractivity contribution in [3.63, 3.8) is 0 Å². The van der Waals surface area contributed by atoms with Gasteiger partial charge in [-0.2, -0.15) is 0 Å². The molecule has 1 aliphatic carbocycles. The van der Waals surface area contributed by atoms with Crippen LogP contribution in [-0.4, -0.2) is 29.0 Å². The molecule has 0 aliphatic heterocycles. The van der Waals surface area contributed by atoms with Crippen molar-refractivity contribution in [2.75, 3.05) is 18.4 Å². The van der Waals surface area contributed by atoms with E-state index in [9.17, 15) is 4.79 Å². The normalized spacial score (nSPS) is 17.4. The highest BCUT2D eigenvalue weighted by atomic mass is 16.1. The molecular weight excluding hydrogens is 240 g/mol. The fourth-order valence-corrected chi connectivity index (χ4v) is 2.08. The molecule has 0 saturated heterocycles. The highest BCUT2D eigenvalue weighted by Crippen LogP contribution is 2.19. The predicted molar refractivity (Wildman–Crippen MR) is 74.6 cm³/mol. The van der Waals surface area contributed by atoms with Crippen LogP contribution in [0, 0.1) is 5.92 Å². The Balaban J connectivity index is 1.52. The van der Waals surface area contributed by atoms with Crippen molar-refractivity contribution in [3.8, 4) is 0 Å². The van der Waals surface area contributed by atoms with Gasteiger partial charge in [-0.25, -0.2) is 9.97 Å². The zero-order valence-corrected chi connectivity index (χ0v) is 11.0. The molecule has 1 heterocycles. The van der Waals surface area contributed by atoms with Crippen molar-refractivity contribution >= 4 is 11.9 Å². The molecule has 0 fully saturated rings. The van der Waals surface area contributed by atoms with Crippen LogP contribution in [0.1, 0.15) is 25.7 Å². The van der Waals surface area contributed by atoms with Crippen LogP contribution in [0.15, 0.2) is 30.6 Å². The number of hydrogen-bond donors (Lipinski definition) is 2. The summed E-state index contributed by atoms with van der Waals surface area (Å²) in [6.45, 7) is 1.45. The first-order chi connectivity index (χ1) is 9.34. The molecule has 0 unspecified atom stereocenters. The van der Waals surface area contributed by atoms with Gasteiger partial charge in [0, 0.05) is 31.9 Å². The molecule has 0 bridgehead atoms. The van der Waals surface area contributed by atoms with Gasteiger partial charge < -0.3 is 10.6 Å². The molecule has 1 aromatic heterocycles. The van der Waals surface area contributed by atoms with Crippen LogP contribution >= 0.6 is 0 Å². The molecule has 0 radical (unpaired) electrons. The standard InChI is InChI=1S/C14H20N4O/c19-13(11-12-5-1-2-6-12)15-7-3-8-16-14-17-9-4-10-18-14/h1,4-5,9-10,12H,2-3,6-8,11H2,(H,15,19)(H,16,17,18)/t12-/m1/s1. The van der Waals surface area contributed by atoms with Gasteiger partial charge in [0.15, 0.2) is 0 Å². The summed E-state index contributed by atoms with van der Waals surface area (Å²) in [7, 11) is 0. The third kappa shape index (κ3) is 5.07. The fourth-order valence-electron chi connectivity index (χ4n) is 2.08. The molecule has 102 valence electrons. The lowest BCUT2D eigenvalue weighted by Crippen LogP contribution is -2.27. The summed E-state index contributed by atoms with van der Waals surface area (Å²) in [4.78, 5) is 19.8. The van der Waals surface area contributed by atoms with Crippen molar-refractivity contribution in [1.29, 1.82) is 0 Å². The summed E-state index contributed by atoms with van der Waals surface area (Å²) in [5.41, 5.74) is 0. The SMILES string of the molecule is O=C(C[C@@H]1C=CCC1)NCCCNc1ncccn1. The number of carbonyl (C=O) groups excluding carboxylic acids is 1. The van der Waals surface area contributed by atoms with E-state index in [0.29, 0.717) is 24.8 Å². The second-order valence-electron chi connectivity index (χ2n) is 4.67. The van der Waals surface area contributed by atoms with Crippen LogP contribution in [0.3, 0.4) is 0 Å². The molecule has 0 saturated carbocycles. The zero-order chi connectivity index (χ0) is 13.3. The van der Waals surface area contributed by atoms with E-state index >= 15 is 0 Å². The minimum Gasteiger partial charge on any atom is -0.356 e. The van der Waals surface area contributed by atoms with Gasteiger partial charge in [-0.05, 0) is 31.2 Å². The van der Waals surface area contributed by atoms with Crippen LogP contribution in [0.5, 0.6) is 0 Å². The molecule has 1 amide bonds. The number of anilines is 1. The smallest absolute Gasteiger partial charge is 0.222 e. The number of aromatic nitrogens is 2. The van der Waals surface area contributed by atoms with Gasteiger partial charge >= 0.3 is 0 Å². The second kappa shape index (κ2) is 7.51. The molecule has 5 nitrogen and oxygen atoms in total. The van der Waals surface area contributed by atoms with Crippen LogP contribution in [-0.2, 0) is 4.79 Å². The van der Waals surface area contributed by atoms with Crippen molar-refractivity contribution in [3.05, 3.63) is 30.6 Å². The van der Waals surface area contributed by atoms with E-state index in [4.69, 9.17) is 0 Å². The van der Waals surface area contributed by atoms with Gasteiger partial charge in [-0.15, -0.1) is 0 Å². The Morgan fingerprint density at radius 3 is 2.89 bits per heavy atom. The molecule has 19 heavy (non-hydrogen) atoms. The Kier molecular flexibility index (Phi) is 5.34. The maximum atomic E-state index is 11.6. The maximum absolute atomic E-state index is 11.6. The number of amides is 1. The average molecular weight is 260 g/mol. The van der Waals surface area contributed by atoms with E-state index < -0.39 is 0 Å². The topological polar surface area (TPSA) is 66.9 Å². The Hall–Kier alpha value is -1.91. The first-order valence-corrected chi connectivity index (χ1v) is 6.79. The van der Waals surface area contributed by atoms with Crippen LogP contribution in [0.4, 0.5) is 5.95 Å². The molecule has 2 rings (SSSR count). The van der Waals surface area contributed by atoms with E-state index in [0.717, 1.165) is 25.8 Å². The zero-order valence-electron chi connectivity index (χ0n) is 11.0. The second-order valence-corrected chi connectivity index (χ2v) is 4.67. The van der Waals surface area contributed by atoms with Gasteiger partial charge in [-0.1, -0.05) is 12.2 Å². The first kappa shape index (κ1) is 13.5. The van der Waals surface area contributed by atoms with E-state index in [1.165, 1.54) is 0 Å². The minimum absolute atomic E-state index is 0.146. The van der Waals surface area contributed by atoms with Gasteiger partial charge in [0.2, 0.25) is 11.9 Å². The number of hydrogen-bond acceptors (Lipinski definition) is 4. The Bertz CT molecular complexity index is 419. The lowest BCUT2D eigenvalue weighted by molar-refractivity contribution is -0.121. The monoisotopic (exact) mass is 260 g/mol. The summed E-state index contributed by atoms with van der Waals surface area (Å²) >= 11 is 0. The number of allylic oxidation sites excluding steroid dienone is 2. The van der Waals surface area contributed by atoms with E-state index in [2.05, 4.69) is 32.8 Å². The largest absolute Gasteiger partial charge is 0.356 e. The van der Waals surface area contributed by atoms with Crippen molar-refractivity contribution in [1.82, 2.24) is 15.3 Å². The number of nitrogens with one attached hydrogen (secondary N) is 2. The van der Waals surface area contributed by atoms with Gasteiger partial charge in [0.05, 0.1) is 0 Å². The lowest BCUT2D eigenvalue weighted by atomic mass is 10.1. The quantitative estimate of drug-likeness (QED) is 0.579. The van der Waals surface area contributed by atoms with Gasteiger partial charge in [-0.3, -0.25) is 4.79 Å². The summed E-state index contributed by atoms with van der Waals surface area (Å²) < 4.78 is 0. The highest BCUT2D eigenvalue weighted by molar-refractivity contribution is 5.76. The summed E-state index contributed by atoms with van der Waals surface area (Å²) in [5.74, 6) is 1.22. The van der Waals surface area contributed by atoms with Crippen LogP contribution in [0.25, 0.3) is 0 Å². The van der Waals surface area contributed by atoms with Crippen molar-refractivity contribution in [2.24, 2.45) is 5.92 Å². The minimum atomic E-state index is 0.146. The molecule has 1 atom stereocenters. The molecular formula is C14H20N4O. The van der Waals surface area contributed by atoms with E-state index in [1.54, 1.807) is 18.5 Å². The molecule has 1 aromatic rings.